The molecule has 4 aliphatic rings. The predicted octanol–water partition coefficient (Wildman–Crippen LogP) is 11.6. The van der Waals surface area contributed by atoms with Crippen molar-refractivity contribution in [3.05, 3.63) is 71.0 Å². The number of aromatic nitrogens is 2. The van der Waals surface area contributed by atoms with E-state index >= 15 is 0 Å². The SMILES string of the molecule is CC(C)(C)C1CCC(Oc2ccc3nc(CN4CC(C(=O)O)C4)cc(C(F)(F)F)c3c2)CC1.COC(=O)C1CN(Cc2cc(C(F)(F)F)c3cc(OC4CCC(C(C)(C)C)CC4)ccc3n2)C1. The summed E-state index contributed by atoms with van der Waals surface area (Å²) in [4.78, 5) is 35.1. The van der Waals surface area contributed by atoms with E-state index in [-0.39, 0.29) is 70.0 Å². The van der Waals surface area contributed by atoms with Crippen LogP contribution in [-0.2, 0) is 39.8 Å². The van der Waals surface area contributed by atoms with Gasteiger partial charge in [-0.2, -0.15) is 26.3 Å². The Balaban J connectivity index is 0.000000199. The molecule has 4 heterocycles. The van der Waals surface area contributed by atoms with Gasteiger partial charge >= 0.3 is 24.3 Å². The molecule has 8 rings (SSSR count). The van der Waals surface area contributed by atoms with Crippen molar-refractivity contribution in [2.24, 2.45) is 34.5 Å². The lowest BCUT2D eigenvalue weighted by Crippen LogP contribution is -2.50. The molecular formula is C51H64F6N4O6. The van der Waals surface area contributed by atoms with Crippen LogP contribution in [0.2, 0.25) is 0 Å². The van der Waals surface area contributed by atoms with E-state index in [4.69, 9.17) is 19.3 Å². The first kappa shape index (κ1) is 50.2. The highest BCUT2D eigenvalue weighted by molar-refractivity contribution is 5.85. The molecular weight excluding hydrogens is 879 g/mol. The molecule has 2 saturated heterocycles. The quantitative estimate of drug-likeness (QED) is 0.122. The van der Waals surface area contributed by atoms with Crippen LogP contribution in [0.1, 0.15) is 115 Å². The Morgan fingerprint density at radius 2 is 0.970 bits per heavy atom. The second-order valence-corrected chi connectivity index (χ2v) is 21.2. The number of rotatable bonds is 10. The van der Waals surface area contributed by atoms with Gasteiger partial charge in [0.2, 0.25) is 0 Å². The van der Waals surface area contributed by atoms with Crippen LogP contribution >= 0.6 is 0 Å². The lowest BCUT2D eigenvalue weighted by Gasteiger charge is -2.37. The summed E-state index contributed by atoms with van der Waals surface area (Å²) in [5.74, 6) is 0.287. The van der Waals surface area contributed by atoms with Gasteiger partial charge in [-0.3, -0.25) is 29.4 Å². The molecule has 67 heavy (non-hydrogen) atoms. The fraction of sp³-hybridized carbons (Fsp3) is 0.608. The number of alkyl halides is 6. The van der Waals surface area contributed by atoms with E-state index in [0.717, 1.165) is 63.5 Å². The molecule has 4 aromatic rings. The smallest absolute Gasteiger partial charge is 0.417 e. The van der Waals surface area contributed by atoms with Gasteiger partial charge in [-0.25, -0.2) is 0 Å². The number of likely N-dealkylation sites (tertiary alicyclic amines) is 2. The monoisotopic (exact) mass is 942 g/mol. The summed E-state index contributed by atoms with van der Waals surface area (Å²) in [6.07, 6.45) is -1.16. The highest BCUT2D eigenvalue weighted by Crippen LogP contribution is 2.43. The minimum absolute atomic E-state index is 0.0104. The van der Waals surface area contributed by atoms with Crippen LogP contribution in [0.15, 0.2) is 48.5 Å². The molecule has 4 fully saturated rings. The minimum Gasteiger partial charge on any atom is -0.490 e. The number of hydrogen-bond donors (Lipinski definition) is 1. The summed E-state index contributed by atoms with van der Waals surface area (Å²) in [5, 5.41) is 9.07. The zero-order valence-corrected chi connectivity index (χ0v) is 39.5. The maximum absolute atomic E-state index is 13.9. The van der Waals surface area contributed by atoms with Gasteiger partial charge in [0.05, 0.1) is 64.7 Å². The second-order valence-electron chi connectivity index (χ2n) is 21.2. The maximum atomic E-state index is 13.9. The number of carboxylic acids is 1. The van der Waals surface area contributed by atoms with Gasteiger partial charge in [-0.15, -0.1) is 0 Å². The van der Waals surface area contributed by atoms with Crippen molar-refractivity contribution in [3.8, 4) is 11.5 Å². The number of hydrogen-bond acceptors (Lipinski definition) is 9. The number of pyridine rings is 2. The molecule has 2 aromatic heterocycles. The Morgan fingerprint density at radius 3 is 1.30 bits per heavy atom. The normalized spacial score (nSPS) is 22.6. The van der Waals surface area contributed by atoms with Crippen LogP contribution in [0.3, 0.4) is 0 Å². The van der Waals surface area contributed by atoms with Crippen molar-refractivity contribution < 1.29 is 55.2 Å². The largest absolute Gasteiger partial charge is 0.490 e. The Morgan fingerprint density at radius 1 is 0.597 bits per heavy atom. The first-order chi connectivity index (χ1) is 31.3. The van der Waals surface area contributed by atoms with E-state index in [1.54, 1.807) is 29.2 Å². The molecule has 0 radical (unpaired) electrons. The third kappa shape index (κ3) is 12.5. The Kier molecular flexibility index (Phi) is 14.8. The average molecular weight is 943 g/mol. The Bertz CT molecular complexity index is 2380. The van der Waals surface area contributed by atoms with Gasteiger partial charge in [0.1, 0.15) is 11.5 Å². The first-order valence-electron chi connectivity index (χ1n) is 23.4. The number of nitrogens with zero attached hydrogens (tertiary/aromatic N) is 4. The van der Waals surface area contributed by atoms with Crippen LogP contribution in [0, 0.1) is 34.5 Å². The van der Waals surface area contributed by atoms with Gasteiger partial charge in [-0.1, -0.05) is 41.5 Å². The molecule has 0 bridgehead atoms. The third-order valence-corrected chi connectivity index (χ3v) is 14.2. The number of aliphatic carboxylic acids is 1. The molecule has 366 valence electrons. The third-order valence-electron chi connectivity index (χ3n) is 14.2. The molecule has 10 nitrogen and oxygen atoms in total. The summed E-state index contributed by atoms with van der Waals surface area (Å²) in [7, 11) is 1.33. The molecule has 2 saturated carbocycles. The van der Waals surface area contributed by atoms with Crippen molar-refractivity contribution in [2.75, 3.05) is 33.3 Å². The summed E-state index contributed by atoms with van der Waals surface area (Å²) in [6.45, 7) is 15.5. The lowest BCUT2D eigenvalue weighted by atomic mass is 9.72. The van der Waals surface area contributed by atoms with E-state index in [1.807, 2.05) is 4.90 Å². The molecule has 16 heteroatoms. The molecule has 2 aliphatic carbocycles. The summed E-state index contributed by atoms with van der Waals surface area (Å²) >= 11 is 0. The van der Waals surface area contributed by atoms with Gasteiger partial charge in [0.15, 0.2) is 0 Å². The molecule has 0 amide bonds. The number of methoxy groups -OCH3 is 1. The molecule has 1 N–H and O–H groups in total. The Hall–Kier alpha value is -4.70. The number of benzene rings is 2. The van der Waals surface area contributed by atoms with Crippen molar-refractivity contribution in [1.29, 1.82) is 0 Å². The molecule has 0 unspecified atom stereocenters. The minimum atomic E-state index is -4.53. The maximum Gasteiger partial charge on any atom is 0.417 e. The van der Waals surface area contributed by atoms with Gasteiger partial charge in [0.25, 0.3) is 0 Å². The number of carbonyl (C=O) groups is 2. The highest BCUT2D eigenvalue weighted by atomic mass is 19.4. The van der Waals surface area contributed by atoms with Crippen molar-refractivity contribution >= 4 is 33.7 Å². The number of ether oxygens (including phenoxy) is 3. The first-order valence-corrected chi connectivity index (χ1v) is 23.4. The summed E-state index contributed by atoms with van der Waals surface area (Å²) in [6, 6.07) is 11.7. The van der Waals surface area contributed by atoms with E-state index in [1.165, 1.54) is 19.2 Å². The van der Waals surface area contributed by atoms with Crippen LogP contribution in [0.4, 0.5) is 26.3 Å². The molecule has 0 atom stereocenters. The lowest BCUT2D eigenvalue weighted by molar-refractivity contribution is -0.151. The standard InChI is InChI=1S/C26H33F3N2O3.C25H31F3N2O3/c1-25(2,3)17-5-7-19(8-6-17)34-20-9-10-23-21(12-20)22(26(27,28)29)11-18(30-23)15-31-13-16(14-31)24(32)33-4;1-24(2,3)16-4-6-18(7-5-16)33-19-8-9-22-20(11-19)21(25(26,27)28)10-17(29-22)14-30-12-15(13-30)23(31)32/h9-12,16-17,19H,5-8,13-15H2,1-4H3;8-11,15-16,18H,4-7,12-14H2,1-3H3,(H,31,32). The van der Waals surface area contributed by atoms with Crippen molar-refractivity contribution in [3.63, 3.8) is 0 Å². The highest BCUT2D eigenvalue weighted by Gasteiger charge is 2.39. The molecule has 2 aliphatic heterocycles. The zero-order valence-electron chi connectivity index (χ0n) is 39.5. The topological polar surface area (TPSA) is 114 Å². The number of carbonyl (C=O) groups excluding carboxylic acids is 1. The number of fused-ring (bicyclic) bond motifs is 2. The fourth-order valence-electron chi connectivity index (χ4n) is 10.1. The number of esters is 1. The van der Waals surface area contributed by atoms with Crippen LogP contribution in [0.5, 0.6) is 11.5 Å². The Labute approximate surface area is 388 Å². The number of halogens is 6. The van der Waals surface area contributed by atoms with Crippen LogP contribution < -0.4 is 9.47 Å². The van der Waals surface area contributed by atoms with Gasteiger partial charge < -0.3 is 19.3 Å². The van der Waals surface area contributed by atoms with Crippen molar-refractivity contribution in [1.82, 2.24) is 19.8 Å². The molecule has 0 spiro atoms. The number of carboxylic acid groups (broad SMARTS) is 1. The van der Waals surface area contributed by atoms with Crippen LogP contribution in [-0.4, -0.2) is 82.3 Å². The van der Waals surface area contributed by atoms with E-state index in [9.17, 15) is 35.9 Å². The predicted molar refractivity (Wildman–Crippen MR) is 242 cm³/mol. The van der Waals surface area contributed by atoms with Gasteiger partial charge in [0, 0.05) is 50.0 Å². The summed E-state index contributed by atoms with van der Waals surface area (Å²) in [5.41, 5.74) is 0.237. The van der Waals surface area contributed by atoms with Crippen LogP contribution in [0.25, 0.3) is 21.8 Å². The van der Waals surface area contributed by atoms with E-state index in [0.29, 0.717) is 60.7 Å². The second kappa shape index (κ2) is 19.7. The molecule has 2 aromatic carbocycles. The fourth-order valence-corrected chi connectivity index (χ4v) is 10.1. The zero-order chi connectivity index (χ0) is 48.6. The summed E-state index contributed by atoms with van der Waals surface area (Å²) < 4.78 is 100. The van der Waals surface area contributed by atoms with Gasteiger partial charge in [-0.05, 0) is 123 Å². The van der Waals surface area contributed by atoms with E-state index in [2.05, 4.69) is 51.5 Å². The van der Waals surface area contributed by atoms with Crippen molar-refractivity contribution in [2.45, 2.75) is 131 Å². The van der Waals surface area contributed by atoms with E-state index < -0.39 is 35.4 Å². The average Bonchev–Trinajstić information content (AvgIpc) is 3.21.